The smallest absolute Gasteiger partial charge is 0.269 e. The van der Waals surface area contributed by atoms with Crippen molar-refractivity contribution in [3.8, 4) is 0 Å². The van der Waals surface area contributed by atoms with E-state index in [-0.39, 0.29) is 5.69 Å². The summed E-state index contributed by atoms with van der Waals surface area (Å²) in [6.45, 7) is 4.07. The van der Waals surface area contributed by atoms with E-state index < -0.39 is 4.92 Å². The zero-order chi connectivity index (χ0) is 13.5. The number of carbonyl (C=O) groups excluding carboxylic acids is 1. The van der Waals surface area contributed by atoms with Crippen LogP contribution in [0.25, 0.3) is 0 Å². The van der Waals surface area contributed by atoms with Gasteiger partial charge in [0.25, 0.3) is 5.69 Å². The van der Waals surface area contributed by atoms with Crippen molar-refractivity contribution in [1.29, 1.82) is 0 Å². The summed E-state index contributed by atoms with van der Waals surface area (Å²) in [6, 6.07) is 6.52. The van der Waals surface area contributed by atoms with Gasteiger partial charge in [-0.05, 0) is 24.3 Å². The van der Waals surface area contributed by atoms with Gasteiger partial charge >= 0.3 is 0 Å². The van der Waals surface area contributed by atoms with Gasteiger partial charge in [-0.25, -0.2) is 0 Å². The number of ketones is 1. The maximum atomic E-state index is 11.5. The first-order valence-electron chi connectivity index (χ1n) is 6.24. The van der Waals surface area contributed by atoms with Crippen molar-refractivity contribution in [2.24, 2.45) is 5.92 Å². The number of hydrogen-bond acceptors (Lipinski definition) is 3. The summed E-state index contributed by atoms with van der Waals surface area (Å²) in [4.78, 5) is 21.6. The molecule has 0 saturated carbocycles. The number of hydrogen-bond donors (Lipinski definition) is 0. The SMILES string of the molecule is CC(C)CC(=O)CCCc1ccc([N+](=O)[O-])cc1. The Morgan fingerprint density at radius 1 is 1.28 bits per heavy atom. The van der Waals surface area contributed by atoms with E-state index in [0.717, 1.165) is 18.4 Å². The van der Waals surface area contributed by atoms with Gasteiger partial charge in [0.05, 0.1) is 4.92 Å². The van der Waals surface area contributed by atoms with Crippen LogP contribution in [0.3, 0.4) is 0 Å². The summed E-state index contributed by atoms with van der Waals surface area (Å²) < 4.78 is 0. The highest BCUT2D eigenvalue weighted by atomic mass is 16.6. The minimum absolute atomic E-state index is 0.106. The predicted molar refractivity (Wildman–Crippen MR) is 70.5 cm³/mol. The molecule has 4 heteroatoms. The Kier molecular flexibility index (Phi) is 5.49. The molecular weight excluding hydrogens is 230 g/mol. The lowest BCUT2D eigenvalue weighted by molar-refractivity contribution is -0.384. The second kappa shape index (κ2) is 6.89. The number of nitro groups is 1. The highest BCUT2D eigenvalue weighted by Crippen LogP contribution is 2.14. The van der Waals surface area contributed by atoms with E-state index in [1.807, 2.05) is 13.8 Å². The Morgan fingerprint density at radius 2 is 1.89 bits per heavy atom. The maximum Gasteiger partial charge on any atom is 0.269 e. The molecule has 0 aliphatic heterocycles. The Hall–Kier alpha value is -1.71. The number of nitro benzene ring substituents is 1. The predicted octanol–water partition coefficient (Wildman–Crippen LogP) is 3.53. The lowest BCUT2D eigenvalue weighted by Gasteiger charge is -2.04. The molecule has 1 aromatic rings. The summed E-state index contributed by atoms with van der Waals surface area (Å²) in [5, 5.41) is 10.5. The molecule has 4 nitrogen and oxygen atoms in total. The minimum Gasteiger partial charge on any atom is -0.300 e. The molecule has 0 atom stereocenters. The molecule has 0 N–H and O–H groups in total. The molecule has 1 aromatic carbocycles. The van der Waals surface area contributed by atoms with Crippen LogP contribution in [0.1, 0.15) is 38.7 Å². The number of Topliss-reactive ketones (excluding diaryl/α,β-unsaturated/α-hetero) is 1. The third kappa shape index (κ3) is 5.08. The van der Waals surface area contributed by atoms with E-state index in [1.165, 1.54) is 12.1 Å². The van der Waals surface area contributed by atoms with Gasteiger partial charge in [0.15, 0.2) is 0 Å². The molecule has 0 spiro atoms. The van der Waals surface area contributed by atoms with E-state index in [2.05, 4.69) is 0 Å². The summed E-state index contributed by atoms with van der Waals surface area (Å²) in [5.74, 6) is 0.712. The molecule has 0 aliphatic rings. The van der Waals surface area contributed by atoms with Crippen molar-refractivity contribution >= 4 is 11.5 Å². The van der Waals surface area contributed by atoms with E-state index in [9.17, 15) is 14.9 Å². The molecule has 0 unspecified atom stereocenters. The monoisotopic (exact) mass is 249 g/mol. The van der Waals surface area contributed by atoms with Gasteiger partial charge < -0.3 is 0 Å². The normalized spacial score (nSPS) is 10.6. The molecule has 0 amide bonds. The van der Waals surface area contributed by atoms with E-state index in [0.29, 0.717) is 24.5 Å². The number of rotatable bonds is 7. The average molecular weight is 249 g/mol. The molecule has 0 fully saturated rings. The van der Waals surface area contributed by atoms with Crippen molar-refractivity contribution in [3.05, 3.63) is 39.9 Å². The van der Waals surface area contributed by atoms with E-state index in [4.69, 9.17) is 0 Å². The fraction of sp³-hybridized carbons (Fsp3) is 0.500. The second-order valence-electron chi connectivity index (χ2n) is 4.91. The lowest BCUT2D eigenvalue weighted by Crippen LogP contribution is -2.03. The quantitative estimate of drug-likeness (QED) is 0.548. The first kappa shape index (κ1) is 14.4. The van der Waals surface area contributed by atoms with Crippen molar-refractivity contribution < 1.29 is 9.72 Å². The van der Waals surface area contributed by atoms with Crippen molar-refractivity contribution in [2.75, 3.05) is 0 Å². The van der Waals surface area contributed by atoms with Gasteiger partial charge in [-0.3, -0.25) is 14.9 Å². The van der Waals surface area contributed by atoms with Crippen LogP contribution < -0.4 is 0 Å². The van der Waals surface area contributed by atoms with Crippen molar-refractivity contribution in [2.45, 2.75) is 39.5 Å². The van der Waals surface area contributed by atoms with Gasteiger partial charge in [0.2, 0.25) is 0 Å². The molecule has 98 valence electrons. The zero-order valence-electron chi connectivity index (χ0n) is 10.9. The summed E-state index contributed by atoms with van der Waals surface area (Å²) in [6.07, 6.45) is 2.83. The third-order valence-electron chi connectivity index (χ3n) is 2.70. The topological polar surface area (TPSA) is 60.2 Å². The van der Waals surface area contributed by atoms with Crippen LogP contribution in [0.15, 0.2) is 24.3 Å². The fourth-order valence-corrected chi connectivity index (χ4v) is 1.83. The molecule has 0 heterocycles. The summed E-state index contributed by atoms with van der Waals surface area (Å²) in [7, 11) is 0. The van der Waals surface area contributed by atoms with Crippen LogP contribution in [0.5, 0.6) is 0 Å². The van der Waals surface area contributed by atoms with Gasteiger partial charge in [-0.2, -0.15) is 0 Å². The van der Waals surface area contributed by atoms with Crippen LogP contribution in [-0.4, -0.2) is 10.7 Å². The Bertz CT molecular complexity index is 410. The molecule has 18 heavy (non-hydrogen) atoms. The molecular formula is C14H19NO3. The van der Waals surface area contributed by atoms with E-state index >= 15 is 0 Å². The van der Waals surface area contributed by atoms with Crippen LogP contribution in [0, 0.1) is 16.0 Å². The molecule has 0 radical (unpaired) electrons. The van der Waals surface area contributed by atoms with Crippen molar-refractivity contribution in [3.63, 3.8) is 0 Å². The van der Waals surface area contributed by atoms with Gasteiger partial charge in [0.1, 0.15) is 5.78 Å². The number of non-ortho nitro benzene ring substituents is 1. The molecule has 0 saturated heterocycles. The fourth-order valence-electron chi connectivity index (χ4n) is 1.83. The Balaban J connectivity index is 2.35. The van der Waals surface area contributed by atoms with Gasteiger partial charge in [-0.15, -0.1) is 0 Å². The molecule has 1 rings (SSSR count). The Morgan fingerprint density at radius 3 is 2.39 bits per heavy atom. The third-order valence-corrected chi connectivity index (χ3v) is 2.70. The molecule has 0 aliphatic carbocycles. The summed E-state index contributed by atoms with van der Waals surface area (Å²) >= 11 is 0. The van der Waals surface area contributed by atoms with Gasteiger partial charge in [-0.1, -0.05) is 26.0 Å². The first-order chi connectivity index (χ1) is 8.49. The van der Waals surface area contributed by atoms with E-state index in [1.54, 1.807) is 12.1 Å². The largest absolute Gasteiger partial charge is 0.300 e. The zero-order valence-corrected chi connectivity index (χ0v) is 10.9. The van der Waals surface area contributed by atoms with Crippen LogP contribution in [0.4, 0.5) is 5.69 Å². The minimum atomic E-state index is -0.407. The highest BCUT2D eigenvalue weighted by Gasteiger charge is 2.06. The van der Waals surface area contributed by atoms with Crippen molar-refractivity contribution in [1.82, 2.24) is 0 Å². The number of aryl methyl sites for hydroxylation is 1. The first-order valence-corrected chi connectivity index (χ1v) is 6.24. The maximum absolute atomic E-state index is 11.5. The number of carbonyl (C=O) groups is 1. The van der Waals surface area contributed by atoms with Gasteiger partial charge in [0, 0.05) is 25.0 Å². The lowest BCUT2D eigenvalue weighted by atomic mass is 10.0. The number of nitrogens with zero attached hydrogens (tertiary/aromatic N) is 1. The highest BCUT2D eigenvalue weighted by molar-refractivity contribution is 5.78. The average Bonchev–Trinajstić information content (AvgIpc) is 2.28. The van der Waals surface area contributed by atoms with Crippen LogP contribution in [0.2, 0.25) is 0 Å². The molecule has 0 aromatic heterocycles. The standard InChI is InChI=1S/C14H19NO3/c1-11(2)10-14(16)5-3-4-12-6-8-13(9-7-12)15(17)18/h6-9,11H,3-5,10H2,1-2H3. The number of benzene rings is 1. The van der Waals surface area contributed by atoms with Crippen LogP contribution >= 0.6 is 0 Å². The summed E-state index contributed by atoms with van der Waals surface area (Å²) in [5.41, 5.74) is 1.15. The molecule has 0 bridgehead atoms. The second-order valence-corrected chi connectivity index (χ2v) is 4.91. The Labute approximate surface area is 107 Å². The van der Waals surface area contributed by atoms with Crippen LogP contribution in [-0.2, 0) is 11.2 Å².